The highest BCUT2D eigenvalue weighted by Crippen LogP contribution is 2.39. The zero-order valence-electron chi connectivity index (χ0n) is 22.4. The number of benzene rings is 2. The number of halogens is 6. The third kappa shape index (κ3) is 6.38. The van der Waals surface area contributed by atoms with Crippen LogP contribution in [0.2, 0.25) is 5.02 Å². The number of rotatable bonds is 6. The van der Waals surface area contributed by atoms with Gasteiger partial charge in [0.2, 0.25) is 0 Å². The summed E-state index contributed by atoms with van der Waals surface area (Å²) in [6.45, 7) is 4.45. The van der Waals surface area contributed by atoms with Crippen molar-refractivity contribution in [2.24, 2.45) is 0 Å². The fraction of sp³-hybridized carbons (Fsp3) is 0.333. The Labute approximate surface area is 238 Å². The van der Waals surface area contributed by atoms with Crippen LogP contribution in [-0.2, 0) is 0 Å². The number of nitrogens with zero attached hydrogens (tertiary/aromatic N) is 3. The van der Waals surface area contributed by atoms with Crippen LogP contribution in [0.4, 0.5) is 22.0 Å². The number of alkyl halides is 3. The number of aromatic nitrogens is 2. The number of hydrogen-bond acceptors (Lipinski definition) is 4. The van der Waals surface area contributed by atoms with E-state index in [4.69, 9.17) is 21.0 Å². The number of pyridine rings is 1. The molecule has 2 aromatic carbocycles. The number of oxazole rings is 1. The van der Waals surface area contributed by atoms with E-state index in [9.17, 15) is 26.7 Å². The molecule has 1 aliphatic heterocycles. The van der Waals surface area contributed by atoms with Crippen molar-refractivity contribution < 1.29 is 26.4 Å². The molecular weight excluding hydrogens is 565 g/mol. The van der Waals surface area contributed by atoms with E-state index in [1.807, 2.05) is 13.8 Å². The summed E-state index contributed by atoms with van der Waals surface area (Å²) in [5.74, 6) is -1.41. The number of hydrogen-bond donors (Lipinski definition) is 0. The maximum Gasteiger partial charge on any atom is 0.390 e. The Hall–Kier alpha value is -3.50. The van der Waals surface area contributed by atoms with Gasteiger partial charge in [0, 0.05) is 41.4 Å². The van der Waals surface area contributed by atoms with Crippen LogP contribution >= 0.6 is 11.6 Å². The van der Waals surface area contributed by atoms with Gasteiger partial charge in [0.25, 0.3) is 5.56 Å². The molecule has 0 spiro atoms. The van der Waals surface area contributed by atoms with Crippen LogP contribution in [0.25, 0.3) is 28.3 Å². The van der Waals surface area contributed by atoms with E-state index in [1.165, 1.54) is 16.7 Å². The maximum absolute atomic E-state index is 15.0. The van der Waals surface area contributed by atoms with E-state index >= 15 is 0 Å². The molecule has 0 atom stereocenters. The Morgan fingerprint density at radius 2 is 1.71 bits per heavy atom. The van der Waals surface area contributed by atoms with E-state index in [0.717, 1.165) is 23.3 Å². The largest absolute Gasteiger partial charge is 0.440 e. The molecule has 0 unspecified atom stereocenters. The zero-order valence-corrected chi connectivity index (χ0v) is 23.1. The molecule has 0 saturated carbocycles. The van der Waals surface area contributed by atoms with Crippen LogP contribution < -0.4 is 5.56 Å². The van der Waals surface area contributed by atoms with Crippen LogP contribution in [0.5, 0.6) is 0 Å². The van der Waals surface area contributed by atoms with E-state index < -0.39 is 24.2 Å². The van der Waals surface area contributed by atoms with Crippen LogP contribution in [-0.4, -0.2) is 40.3 Å². The highest BCUT2D eigenvalue weighted by atomic mass is 35.5. The van der Waals surface area contributed by atoms with Crippen LogP contribution in [0.3, 0.4) is 0 Å². The molecule has 1 aliphatic rings. The monoisotopic (exact) mass is 591 g/mol. The molecule has 0 radical (unpaired) electrons. The summed E-state index contributed by atoms with van der Waals surface area (Å²) in [5.41, 5.74) is 2.63. The van der Waals surface area contributed by atoms with Gasteiger partial charge < -0.3 is 9.32 Å². The smallest absolute Gasteiger partial charge is 0.390 e. The lowest BCUT2D eigenvalue weighted by Crippen LogP contribution is -2.35. The molecule has 1 fully saturated rings. The molecule has 0 N–H and O–H groups in total. The summed E-state index contributed by atoms with van der Waals surface area (Å²) in [7, 11) is 0. The molecule has 0 amide bonds. The predicted octanol–water partition coefficient (Wildman–Crippen LogP) is 7.84. The van der Waals surface area contributed by atoms with Crippen molar-refractivity contribution >= 4 is 11.6 Å². The van der Waals surface area contributed by atoms with Gasteiger partial charge in [0.15, 0.2) is 11.7 Å². The van der Waals surface area contributed by atoms with Gasteiger partial charge in [0.05, 0.1) is 17.7 Å². The first-order valence-corrected chi connectivity index (χ1v) is 13.5. The first-order chi connectivity index (χ1) is 19.4. The summed E-state index contributed by atoms with van der Waals surface area (Å²) < 4.78 is 74.3. The second kappa shape index (κ2) is 11.4. The minimum absolute atomic E-state index is 0.000586. The lowest BCUT2D eigenvalue weighted by molar-refractivity contribution is -0.138. The second-order valence-corrected chi connectivity index (χ2v) is 10.8. The van der Waals surface area contributed by atoms with Crippen LogP contribution in [0.15, 0.2) is 57.9 Å². The maximum atomic E-state index is 15.0. The molecule has 0 bridgehead atoms. The molecule has 41 heavy (non-hydrogen) atoms. The van der Waals surface area contributed by atoms with Gasteiger partial charge in [-0.25, -0.2) is 13.8 Å². The molecule has 2 aromatic heterocycles. The Bertz CT molecular complexity index is 1620. The molecular formula is C30H27ClF5N3O2. The fourth-order valence-electron chi connectivity index (χ4n) is 5.34. The molecule has 11 heteroatoms. The Morgan fingerprint density at radius 1 is 1.02 bits per heavy atom. The molecule has 1 saturated heterocycles. The van der Waals surface area contributed by atoms with Gasteiger partial charge in [-0.3, -0.25) is 9.36 Å². The quantitative estimate of drug-likeness (QED) is 0.214. The minimum Gasteiger partial charge on any atom is -0.440 e. The summed E-state index contributed by atoms with van der Waals surface area (Å²) in [4.78, 5) is 19.4. The Kier molecular flexibility index (Phi) is 8.07. The highest BCUT2D eigenvalue weighted by Gasteiger charge is 2.31. The molecule has 3 heterocycles. The van der Waals surface area contributed by atoms with E-state index in [1.54, 1.807) is 29.3 Å². The number of aryl methyl sites for hydroxylation is 2. The third-order valence-corrected chi connectivity index (χ3v) is 7.57. The minimum atomic E-state index is -4.22. The average molecular weight is 592 g/mol. The van der Waals surface area contributed by atoms with Gasteiger partial charge in [-0.15, -0.1) is 0 Å². The SMILES string of the molecule is Cc1cc(Cl)cc(C)c1-n1cc(-c2nc(C3CCN(CCC(F)(F)F)CC3)oc2-c2ccc(F)cc2F)ccc1=O. The highest BCUT2D eigenvalue weighted by molar-refractivity contribution is 6.30. The molecule has 5 rings (SSSR count). The van der Waals surface area contributed by atoms with Crippen molar-refractivity contribution in [2.75, 3.05) is 19.6 Å². The van der Waals surface area contributed by atoms with Crippen molar-refractivity contribution in [3.63, 3.8) is 0 Å². The van der Waals surface area contributed by atoms with E-state index in [0.29, 0.717) is 48.1 Å². The lowest BCUT2D eigenvalue weighted by Gasteiger charge is -2.30. The van der Waals surface area contributed by atoms with Crippen molar-refractivity contribution in [2.45, 2.75) is 45.2 Å². The van der Waals surface area contributed by atoms with E-state index in [-0.39, 0.29) is 35.0 Å². The Balaban J connectivity index is 1.55. The van der Waals surface area contributed by atoms with Gasteiger partial charge in [-0.2, -0.15) is 13.2 Å². The summed E-state index contributed by atoms with van der Waals surface area (Å²) >= 11 is 6.19. The Morgan fingerprint density at radius 3 is 2.34 bits per heavy atom. The zero-order chi connectivity index (χ0) is 29.5. The predicted molar refractivity (Wildman–Crippen MR) is 146 cm³/mol. The standard InChI is InChI=1S/C30H27ClF5N3O2/c1-17-13-21(31)14-18(2)27(17)39-16-20(3-6-25(39)40)26-28(23-5-4-22(32)15-24(23)33)41-29(37-26)19-7-10-38(11-8-19)12-9-30(34,35)36/h3-6,13-16,19H,7-12H2,1-2H3. The van der Waals surface area contributed by atoms with Gasteiger partial charge >= 0.3 is 6.18 Å². The normalized spacial score (nSPS) is 15.0. The molecule has 0 aliphatic carbocycles. The van der Waals surface area contributed by atoms with Gasteiger partial charge in [0.1, 0.15) is 17.3 Å². The molecule has 4 aromatic rings. The number of piperidine rings is 1. The van der Waals surface area contributed by atoms with E-state index in [2.05, 4.69) is 0 Å². The van der Waals surface area contributed by atoms with Crippen LogP contribution in [0.1, 0.15) is 42.2 Å². The van der Waals surface area contributed by atoms with Crippen molar-refractivity contribution in [1.82, 2.24) is 14.5 Å². The van der Waals surface area contributed by atoms with Crippen LogP contribution in [0, 0.1) is 25.5 Å². The first kappa shape index (κ1) is 29.0. The lowest BCUT2D eigenvalue weighted by atomic mass is 9.96. The van der Waals surface area contributed by atoms with Crippen molar-refractivity contribution in [1.29, 1.82) is 0 Å². The molecule has 5 nitrogen and oxygen atoms in total. The second-order valence-electron chi connectivity index (χ2n) is 10.3. The van der Waals surface area contributed by atoms with Crippen molar-refractivity contribution in [3.05, 3.63) is 92.7 Å². The average Bonchev–Trinajstić information content (AvgIpc) is 3.33. The topological polar surface area (TPSA) is 51.3 Å². The van der Waals surface area contributed by atoms with Gasteiger partial charge in [-0.1, -0.05) is 11.6 Å². The summed E-state index contributed by atoms with van der Waals surface area (Å²) in [6, 6.07) is 9.57. The van der Waals surface area contributed by atoms with Crippen molar-refractivity contribution in [3.8, 4) is 28.3 Å². The summed E-state index contributed by atoms with van der Waals surface area (Å²) in [5, 5.41) is 0.535. The fourth-order valence-corrected chi connectivity index (χ4v) is 5.66. The van der Waals surface area contributed by atoms with Gasteiger partial charge in [-0.05, 0) is 81.2 Å². The molecule has 216 valence electrons. The number of likely N-dealkylation sites (tertiary alicyclic amines) is 1. The first-order valence-electron chi connectivity index (χ1n) is 13.1. The summed E-state index contributed by atoms with van der Waals surface area (Å²) in [6.07, 6.45) is -2.49. The third-order valence-electron chi connectivity index (χ3n) is 7.35.